The van der Waals surface area contributed by atoms with Gasteiger partial charge in [-0.15, -0.1) is 0 Å². The van der Waals surface area contributed by atoms with Crippen molar-refractivity contribution in [2.75, 3.05) is 0 Å². The summed E-state index contributed by atoms with van der Waals surface area (Å²) in [6.07, 6.45) is 2.68. The normalized spacial score (nSPS) is 12.5. The Labute approximate surface area is 137 Å². The fourth-order valence-corrected chi connectivity index (χ4v) is 2.23. The number of hydrogen-bond donors (Lipinski definition) is 1. The van der Waals surface area contributed by atoms with E-state index in [1.807, 2.05) is 44.2 Å². The summed E-state index contributed by atoms with van der Waals surface area (Å²) >= 11 is 0. The molecule has 0 aromatic heterocycles. The van der Waals surface area contributed by atoms with E-state index in [1.165, 1.54) is 0 Å². The lowest BCUT2D eigenvalue weighted by atomic mass is 10.1. The molecule has 0 fully saturated rings. The lowest BCUT2D eigenvalue weighted by Gasteiger charge is -2.14. The molecule has 0 aliphatic carbocycles. The SMILES string of the molecule is CCCC(O)/C=C(\Oc1ccccc1C#N)c1ccc(C)cc1. The number of para-hydroxylation sites is 1. The molecule has 3 nitrogen and oxygen atoms in total. The molecule has 0 bridgehead atoms. The monoisotopic (exact) mass is 307 g/mol. The smallest absolute Gasteiger partial charge is 0.145 e. The third-order valence-corrected chi connectivity index (χ3v) is 3.49. The van der Waals surface area contributed by atoms with Crippen molar-refractivity contribution in [1.82, 2.24) is 0 Å². The zero-order valence-corrected chi connectivity index (χ0v) is 13.5. The lowest BCUT2D eigenvalue weighted by Crippen LogP contribution is -2.06. The van der Waals surface area contributed by atoms with Gasteiger partial charge in [0.15, 0.2) is 0 Å². The maximum absolute atomic E-state index is 10.1. The number of nitriles is 1. The Morgan fingerprint density at radius 3 is 2.57 bits per heavy atom. The molecule has 1 N–H and O–H groups in total. The Morgan fingerprint density at radius 2 is 1.91 bits per heavy atom. The van der Waals surface area contributed by atoms with Crippen LogP contribution in [0.4, 0.5) is 0 Å². The first-order valence-corrected chi connectivity index (χ1v) is 7.78. The minimum Gasteiger partial charge on any atom is -0.456 e. The van der Waals surface area contributed by atoms with Crippen LogP contribution in [0.25, 0.3) is 5.76 Å². The maximum Gasteiger partial charge on any atom is 0.145 e. The number of nitrogens with zero attached hydrogens (tertiary/aromatic N) is 1. The number of ether oxygens (including phenoxy) is 1. The zero-order valence-electron chi connectivity index (χ0n) is 13.5. The second-order valence-corrected chi connectivity index (χ2v) is 5.46. The second kappa shape index (κ2) is 8.17. The van der Waals surface area contributed by atoms with Crippen LogP contribution in [0.2, 0.25) is 0 Å². The third-order valence-electron chi connectivity index (χ3n) is 3.49. The predicted molar refractivity (Wildman–Crippen MR) is 91.9 cm³/mol. The van der Waals surface area contributed by atoms with Gasteiger partial charge in [0.05, 0.1) is 11.7 Å². The van der Waals surface area contributed by atoms with Crippen LogP contribution >= 0.6 is 0 Å². The van der Waals surface area contributed by atoms with E-state index >= 15 is 0 Å². The van der Waals surface area contributed by atoms with Crippen molar-refractivity contribution in [1.29, 1.82) is 5.26 Å². The van der Waals surface area contributed by atoms with Gasteiger partial charge in [-0.3, -0.25) is 0 Å². The van der Waals surface area contributed by atoms with Gasteiger partial charge in [0.1, 0.15) is 17.6 Å². The molecule has 0 saturated carbocycles. The Bertz CT molecular complexity index is 711. The predicted octanol–water partition coefficient (Wildman–Crippen LogP) is 4.45. The van der Waals surface area contributed by atoms with Gasteiger partial charge in [0, 0.05) is 5.56 Å². The van der Waals surface area contributed by atoms with Crippen LogP contribution in [0.1, 0.15) is 36.5 Å². The van der Waals surface area contributed by atoms with Gasteiger partial charge in [-0.25, -0.2) is 0 Å². The first kappa shape index (κ1) is 16.8. The highest BCUT2D eigenvalue weighted by Crippen LogP contribution is 2.25. The van der Waals surface area contributed by atoms with Gasteiger partial charge in [0.2, 0.25) is 0 Å². The summed E-state index contributed by atoms with van der Waals surface area (Å²) in [6.45, 7) is 4.04. The number of aliphatic hydroxyl groups is 1. The molecule has 0 saturated heterocycles. The highest BCUT2D eigenvalue weighted by molar-refractivity contribution is 5.64. The number of benzene rings is 2. The van der Waals surface area contributed by atoms with Gasteiger partial charge in [-0.2, -0.15) is 5.26 Å². The molecule has 1 unspecified atom stereocenters. The highest BCUT2D eigenvalue weighted by atomic mass is 16.5. The molecule has 1 atom stereocenters. The topological polar surface area (TPSA) is 53.2 Å². The first-order valence-electron chi connectivity index (χ1n) is 7.78. The minimum atomic E-state index is -0.578. The molecule has 0 spiro atoms. The zero-order chi connectivity index (χ0) is 16.7. The van der Waals surface area contributed by atoms with Crippen LogP contribution < -0.4 is 4.74 Å². The Hall–Kier alpha value is -2.57. The van der Waals surface area contributed by atoms with Crippen molar-refractivity contribution in [3.63, 3.8) is 0 Å². The molecule has 0 heterocycles. The Balaban J connectivity index is 2.37. The molecule has 2 aromatic carbocycles. The average Bonchev–Trinajstić information content (AvgIpc) is 2.55. The second-order valence-electron chi connectivity index (χ2n) is 5.46. The van der Waals surface area contributed by atoms with Gasteiger partial charge < -0.3 is 9.84 Å². The number of aryl methyl sites for hydroxylation is 1. The van der Waals surface area contributed by atoms with E-state index in [0.717, 1.165) is 17.5 Å². The summed E-state index contributed by atoms with van der Waals surface area (Å²) < 4.78 is 5.96. The van der Waals surface area contributed by atoms with E-state index in [9.17, 15) is 10.4 Å². The summed E-state index contributed by atoms with van der Waals surface area (Å²) in [6, 6.07) is 17.1. The van der Waals surface area contributed by atoms with Crippen LogP contribution in [-0.4, -0.2) is 11.2 Å². The summed E-state index contributed by atoms with van der Waals surface area (Å²) in [7, 11) is 0. The molecular weight excluding hydrogens is 286 g/mol. The van der Waals surface area contributed by atoms with Crippen LogP contribution in [0, 0.1) is 18.3 Å². The van der Waals surface area contributed by atoms with Gasteiger partial charge in [0.25, 0.3) is 0 Å². The molecule has 23 heavy (non-hydrogen) atoms. The molecule has 3 heteroatoms. The minimum absolute atomic E-state index is 0.468. The fraction of sp³-hybridized carbons (Fsp3) is 0.250. The van der Waals surface area contributed by atoms with Crippen molar-refractivity contribution < 1.29 is 9.84 Å². The highest BCUT2D eigenvalue weighted by Gasteiger charge is 2.11. The van der Waals surface area contributed by atoms with E-state index in [2.05, 4.69) is 6.07 Å². The molecule has 118 valence electrons. The number of rotatable bonds is 6. The van der Waals surface area contributed by atoms with E-state index < -0.39 is 6.10 Å². The standard InChI is InChI=1S/C20H21NO2/c1-3-6-18(22)13-20(16-11-9-15(2)10-12-16)23-19-8-5-4-7-17(19)14-21/h4-5,7-13,18,22H,3,6H2,1-2H3/b20-13-. The molecule has 0 radical (unpaired) electrons. The van der Waals surface area contributed by atoms with Gasteiger partial charge >= 0.3 is 0 Å². The quantitative estimate of drug-likeness (QED) is 0.802. The van der Waals surface area contributed by atoms with E-state index in [4.69, 9.17) is 4.74 Å². The van der Waals surface area contributed by atoms with Crippen LogP contribution in [0.5, 0.6) is 5.75 Å². The van der Waals surface area contributed by atoms with E-state index in [1.54, 1.807) is 24.3 Å². The average molecular weight is 307 g/mol. The molecule has 2 aromatic rings. The Kier molecular flexibility index (Phi) is 5.96. The van der Waals surface area contributed by atoms with Crippen molar-refractivity contribution in [3.05, 3.63) is 71.3 Å². The summed E-state index contributed by atoms with van der Waals surface area (Å²) in [5.41, 5.74) is 2.49. The van der Waals surface area contributed by atoms with Crippen molar-refractivity contribution in [3.8, 4) is 11.8 Å². The molecule has 0 amide bonds. The van der Waals surface area contributed by atoms with Crippen LogP contribution in [0.3, 0.4) is 0 Å². The van der Waals surface area contributed by atoms with Crippen molar-refractivity contribution in [2.45, 2.75) is 32.8 Å². The largest absolute Gasteiger partial charge is 0.456 e. The van der Waals surface area contributed by atoms with Crippen LogP contribution in [0.15, 0.2) is 54.6 Å². The molecule has 0 aliphatic heterocycles. The summed E-state index contributed by atoms with van der Waals surface area (Å²) in [4.78, 5) is 0. The van der Waals surface area contributed by atoms with Crippen molar-refractivity contribution >= 4 is 5.76 Å². The van der Waals surface area contributed by atoms with Crippen molar-refractivity contribution in [2.24, 2.45) is 0 Å². The van der Waals surface area contributed by atoms with Gasteiger partial charge in [-0.1, -0.05) is 55.3 Å². The van der Waals surface area contributed by atoms with E-state index in [0.29, 0.717) is 23.5 Å². The first-order chi connectivity index (χ1) is 11.1. The molecule has 0 aliphatic rings. The third kappa shape index (κ3) is 4.70. The number of aliphatic hydroxyl groups excluding tert-OH is 1. The molecular formula is C20H21NO2. The molecule has 2 rings (SSSR count). The van der Waals surface area contributed by atoms with E-state index in [-0.39, 0.29) is 0 Å². The summed E-state index contributed by atoms with van der Waals surface area (Å²) in [5.74, 6) is 1.05. The summed E-state index contributed by atoms with van der Waals surface area (Å²) in [5, 5.41) is 19.3. The number of hydrogen-bond acceptors (Lipinski definition) is 3. The van der Waals surface area contributed by atoms with Gasteiger partial charge in [-0.05, 0) is 31.6 Å². The lowest BCUT2D eigenvalue weighted by molar-refractivity contribution is 0.210. The fourth-order valence-electron chi connectivity index (χ4n) is 2.23. The Morgan fingerprint density at radius 1 is 1.22 bits per heavy atom. The maximum atomic E-state index is 10.1. The van der Waals surface area contributed by atoms with Crippen LogP contribution in [-0.2, 0) is 0 Å².